The van der Waals surface area contributed by atoms with E-state index in [2.05, 4.69) is 11.1 Å². The van der Waals surface area contributed by atoms with Gasteiger partial charge in [0.15, 0.2) is 11.5 Å². The largest absolute Gasteiger partial charge is 0.493 e. The van der Waals surface area contributed by atoms with Gasteiger partial charge in [0, 0.05) is 32.8 Å². The molecule has 0 aromatic heterocycles. The Morgan fingerprint density at radius 3 is 2.69 bits per heavy atom. The van der Waals surface area contributed by atoms with E-state index in [4.69, 9.17) is 14.2 Å². The highest BCUT2D eigenvalue weighted by molar-refractivity contribution is 5.69. The summed E-state index contributed by atoms with van der Waals surface area (Å²) in [6, 6.07) is 5.33. The number of carbonyl (C=O) groups is 1. The lowest BCUT2D eigenvalue weighted by atomic mass is 10.1. The number of nitriles is 1. The highest BCUT2D eigenvalue weighted by Gasteiger charge is 2.32. The molecule has 1 amide bonds. The van der Waals surface area contributed by atoms with Crippen molar-refractivity contribution in [3.63, 3.8) is 0 Å². The standard InChI is InChI=1S/C21H30N4O4/c1-21(2,3)29-20(26)25-9-7-8-16(25)13-28-19-11-17(23-14-24(4)5)15(12-22)10-18(19)27-6/h10-11,14,16H,7-9,13H2,1-6H3/t16-/m1/s1. The molecule has 1 atom stereocenters. The van der Waals surface area contributed by atoms with Crippen molar-refractivity contribution >= 4 is 18.1 Å². The fraction of sp³-hybridized carbons (Fsp3) is 0.571. The van der Waals surface area contributed by atoms with Crippen molar-refractivity contribution in [1.82, 2.24) is 9.80 Å². The predicted molar refractivity (Wildman–Crippen MR) is 111 cm³/mol. The van der Waals surface area contributed by atoms with Crippen molar-refractivity contribution in [3.8, 4) is 17.6 Å². The summed E-state index contributed by atoms with van der Waals surface area (Å²) in [4.78, 5) is 20.3. The maximum Gasteiger partial charge on any atom is 0.410 e. The van der Waals surface area contributed by atoms with E-state index in [9.17, 15) is 10.1 Å². The van der Waals surface area contributed by atoms with Gasteiger partial charge in [-0.05, 0) is 33.6 Å². The first-order valence-electron chi connectivity index (χ1n) is 9.59. The number of amides is 1. The molecular formula is C21H30N4O4. The number of likely N-dealkylation sites (tertiary alicyclic amines) is 1. The topological polar surface area (TPSA) is 87.4 Å². The van der Waals surface area contributed by atoms with Gasteiger partial charge in [-0.3, -0.25) is 0 Å². The van der Waals surface area contributed by atoms with Crippen molar-refractivity contribution in [1.29, 1.82) is 5.26 Å². The van der Waals surface area contributed by atoms with Gasteiger partial charge in [-0.15, -0.1) is 0 Å². The molecule has 0 unspecified atom stereocenters. The van der Waals surface area contributed by atoms with Crippen molar-refractivity contribution in [2.75, 3.05) is 34.4 Å². The average molecular weight is 402 g/mol. The first-order valence-corrected chi connectivity index (χ1v) is 9.59. The number of ether oxygens (including phenoxy) is 3. The highest BCUT2D eigenvalue weighted by Crippen LogP contribution is 2.35. The zero-order chi connectivity index (χ0) is 21.6. The van der Waals surface area contributed by atoms with Crippen LogP contribution < -0.4 is 9.47 Å². The average Bonchev–Trinajstić information content (AvgIpc) is 3.11. The van der Waals surface area contributed by atoms with Crippen LogP contribution in [0.15, 0.2) is 17.1 Å². The Kier molecular flexibility index (Phi) is 7.32. The van der Waals surface area contributed by atoms with E-state index in [1.165, 1.54) is 7.11 Å². The van der Waals surface area contributed by atoms with Gasteiger partial charge in [-0.1, -0.05) is 0 Å². The van der Waals surface area contributed by atoms with Gasteiger partial charge in [0.25, 0.3) is 0 Å². The lowest BCUT2D eigenvalue weighted by Gasteiger charge is -2.28. The summed E-state index contributed by atoms with van der Waals surface area (Å²) in [5, 5.41) is 9.39. The summed E-state index contributed by atoms with van der Waals surface area (Å²) in [6.07, 6.45) is 3.03. The maximum atomic E-state index is 12.5. The fourth-order valence-electron chi connectivity index (χ4n) is 2.95. The Labute approximate surface area is 172 Å². The van der Waals surface area contributed by atoms with Gasteiger partial charge in [0.1, 0.15) is 18.3 Å². The summed E-state index contributed by atoms with van der Waals surface area (Å²) in [6.45, 7) is 6.50. The molecule has 0 N–H and O–H groups in total. The fourth-order valence-corrected chi connectivity index (χ4v) is 2.95. The van der Waals surface area contributed by atoms with E-state index >= 15 is 0 Å². The van der Waals surface area contributed by atoms with Crippen molar-refractivity contribution in [2.24, 2.45) is 4.99 Å². The summed E-state index contributed by atoms with van der Waals surface area (Å²) < 4.78 is 16.9. The summed E-state index contributed by atoms with van der Waals surface area (Å²) in [5.74, 6) is 0.931. The molecule has 2 rings (SSSR count). The van der Waals surface area contributed by atoms with Crippen molar-refractivity contribution in [2.45, 2.75) is 45.3 Å². The minimum Gasteiger partial charge on any atom is -0.493 e. The molecule has 1 heterocycles. The van der Waals surface area contributed by atoms with Crippen LogP contribution in [-0.4, -0.2) is 68.2 Å². The molecule has 0 bridgehead atoms. The SMILES string of the molecule is COc1cc(C#N)c(N=CN(C)C)cc1OC[C@H]1CCCN1C(=O)OC(C)(C)C. The van der Waals surface area contributed by atoms with Gasteiger partial charge in [0.05, 0.1) is 30.7 Å². The molecule has 8 heteroatoms. The van der Waals surface area contributed by atoms with Gasteiger partial charge in [-0.2, -0.15) is 5.26 Å². The Hall–Kier alpha value is -2.95. The molecule has 0 aliphatic carbocycles. The van der Waals surface area contributed by atoms with Crippen LogP contribution in [-0.2, 0) is 4.74 Å². The zero-order valence-electron chi connectivity index (χ0n) is 18.1. The van der Waals surface area contributed by atoms with Crippen LogP contribution in [0.1, 0.15) is 39.2 Å². The van der Waals surface area contributed by atoms with Crippen LogP contribution in [0, 0.1) is 11.3 Å². The predicted octanol–water partition coefficient (Wildman–Crippen LogP) is 3.57. The van der Waals surface area contributed by atoms with Crippen molar-refractivity contribution < 1.29 is 19.0 Å². The first-order chi connectivity index (χ1) is 13.6. The van der Waals surface area contributed by atoms with Crippen LogP contribution in [0.2, 0.25) is 0 Å². The number of aliphatic imine (C=N–C) groups is 1. The van der Waals surface area contributed by atoms with Crippen LogP contribution >= 0.6 is 0 Å². The van der Waals surface area contributed by atoms with Gasteiger partial charge in [0.2, 0.25) is 0 Å². The number of nitrogens with zero attached hydrogens (tertiary/aromatic N) is 4. The van der Waals surface area contributed by atoms with E-state index in [0.29, 0.717) is 35.9 Å². The molecule has 1 aliphatic heterocycles. The minimum absolute atomic E-state index is 0.0843. The van der Waals surface area contributed by atoms with E-state index < -0.39 is 5.60 Å². The minimum atomic E-state index is -0.541. The van der Waals surface area contributed by atoms with Gasteiger partial charge >= 0.3 is 6.09 Å². The normalized spacial score (nSPS) is 16.6. The lowest BCUT2D eigenvalue weighted by molar-refractivity contribution is 0.0187. The Balaban J connectivity index is 2.17. The molecule has 1 aromatic carbocycles. The first kappa shape index (κ1) is 22.3. The second kappa shape index (κ2) is 9.50. The van der Waals surface area contributed by atoms with Crippen LogP contribution in [0.3, 0.4) is 0 Å². The van der Waals surface area contributed by atoms with Gasteiger partial charge in [-0.25, -0.2) is 9.79 Å². The van der Waals surface area contributed by atoms with E-state index in [-0.39, 0.29) is 12.1 Å². The molecule has 29 heavy (non-hydrogen) atoms. The second-order valence-electron chi connectivity index (χ2n) is 8.12. The van der Waals surface area contributed by atoms with Crippen LogP contribution in [0.4, 0.5) is 10.5 Å². The van der Waals surface area contributed by atoms with Crippen molar-refractivity contribution in [3.05, 3.63) is 17.7 Å². The van der Waals surface area contributed by atoms with Gasteiger partial charge < -0.3 is 24.0 Å². The lowest BCUT2D eigenvalue weighted by Crippen LogP contribution is -2.42. The Morgan fingerprint density at radius 1 is 1.38 bits per heavy atom. The number of methoxy groups -OCH3 is 1. The molecule has 158 valence electrons. The van der Waals surface area contributed by atoms with E-state index in [1.54, 1.807) is 28.3 Å². The molecular weight excluding hydrogens is 372 g/mol. The van der Waals surface area contributed by atoms with Crippen LogP contribution in [0.5, 0.6) is 11.5 Å². The number of rotatable bonds is 6. The highest BCUT2D eigenvalue weighted by atomic mass is 16.6. The molecule has 8 nitrogen and oxygen atoms in total. The Morgan fingerprint density at radius 2 is 2.10 bits per heavy atom. The third-order valence-corrected chi connectivity index (χ3v) is 4.27. The Bertz CT molecular complexity index is 793. The molecule has 0 radical (unpaired) electrons. The quantitative estimate of drug-likeness (QED) is 0.534. The molecule has 1 fully saturated rings. The molecule has 1 saturated heterocycles. The molecule has 1 aliphatic rings. The molecule has 1 aromatic rings. The monoisotopic (exact) mass is 402 g/mol. The number of carbonyl (C=O) groups excluding carboxylic acids is 1. The summed E-state index contributed by atoms with van der Waals surface area (Å²) in [5.41, 5.74) is 0.344. The maximum absolute atomic E-state index is 12.5. The number of benzene rings is 1. The second-order valence-corrected chi connectivity index (χ2v) is 8.12. The van der Waals surface area contributed by atoms with Crippen LogP contribution in [0.25, 0.3) is 0 Å². The third kappa shape index (κ3) is 6.28. The molecule has 0 saturated carbocycles. The summed E-state index contributed by atoms with van der Waals surface area (Å²) >= 11 is 0. The van der Waals surface area contributed by atoms with E-state index in [1.807, 2.05) is 34.9 Å². The third-order valence-electron chi connectivity index (χ3n) is 4.27. The number of hydrogen-bond acceptors (Lipinski definition) is 6. The molecule has 0 spiro atoms. The zero-order valence-corrected chi connectivity index (χ0v) is 18.1. The summed E-state index contributed by atoms with van der Waals surface area (Å²) in [7, 11) is 5.22. The number of hydrogen-bond donors (Lipinski definition) is 0. The smallest absolute Gasteiger partial charge is 0.410 e. The van der Waals surface area contributed by atoms with E-state index in [0.717, 1.165) is 12.8 Å².